The fourth-order valence-electron chi connectivity index (χ4n) is 2.41. The van der Waals surface area contributed by atoms with Gasteiger partial charge in [0, 0.05) is 12.3 Å². The number of halogens is 3. The van der Waals surface area contributed by atoms with Crippen LogP contribution in [0, 0.1) is 5.82 Å². The Hall–Kier alpha value is -3.55. The molecular weight excluding hydrogens is 371 g/mol. The molecule has 1 N–H and O–H groups in total. The number of carbonyl (C=O) groups is 1. The summed E-state index contributed by atoms with van der Waals surface area (Å²) in [7, 11) is 0. The third-order valence-electron chi connectivity index (χ3n) is 3.69. The molecule has 0 spiro atoms. The van der Waals surface area contributed by atoms with Gasteiger partial charge >= 0.3 is 6.61 Å². The van der Waals surface area contributed by atoms with E-state index in [0.29, 0.717) is 17.8 Å². The zero-order valence-corrected chi connectivity index (χ0v) is 14.6. The topological polar surface area (TPSA) is 56.1 Å². The molecule has 144 valence electrons. The molecule has 0 radical (unpaired) electrons. The van der Waals surface area contributed by atoms with Crippen molar-refractivity contribution in [2.75, 3.05) is 5.32 Å². The molecule has 3 aromatic rings. The van der Waals surface area contributed by atoms with Crippen molar-refractivity contribution in [2.24, 2.45) is 0 Å². The van der Waals surface area contributed by atoms with Gasteiger partial charge in [0.1, 0.15) is 11.6 Å². The lowest BCUT2D eigenvalue weighted by Crippen LogP contribution is -2.07. The third-order valence-corrected chi connectivity index (χ3v) is 3.69. The van der Waals surface area contributed by atoms with Crippen molar-refractivity contribution >= 4 is 17.7 Å². The maximum Gasteiger partial charge on any atom is 0.387 e. The predicted octanol–water partition coefficient (Wildman–Crippen LogP) is 4.32. The van der Waals surface area contributed by atoms with Gasteiger partial charge in [-0.2, -0.15) is 13.9 Å². The third kappa shape index (κ3) is 5.73. The minimum absolute atomic E-state index is 0.0465. The average molecular weight is 387 g/mol. The van der Waals surface area contributed by atoms with Gasteiger partial charge in [0.25, 0.3) is 0 Å². The van der Waals surface area contributed by atoms with E-state index in [-0.39, 0.29) is 17.5 Å². The van der Waals surface area contributed by atoms with Crippen LogP contribution in [-0.2, 0) is 11.3 Å². The first-order chi connectivity index (χ1) is 13.5. The van der Waals surface area contributed by atoms with Gasteiger partial charge in [-0.05, 0) is 41.5 Å². The number of benzene rings is 2. The standard InChI is InChI=1S/C20H16F3N3O2/c21-16-6-1-15(2-7-16)12-26-13-17(11-24-26)25-19(27)10-5-14-3-8-18(9-4-14)28-20(22)23/h1-11,13,20H,12H2,(H,25,27)/b10-5-. The van der Waals surface area contributed by atoms with Gasteiger partial charge in [-0.3, -0.25) is 9.48 Å². The van der Waals surface area contributed by atoms with E-state index in [4.69, 9.17) is 0 Å². The van der Waals surface area contributed by atoms with Crippen LogP contribution in [0.1, 0.15) is 11.1 Å². The lowest BCUT2D eigenvalue weighted by Gasteiger charge is -2.03. The molecular formula is C20H16F3N3O2. The summed E-state index contributed by atoms with van der Waals surface area (Å²) in [5.74, 6) is -0.625. The van der Waals surface area contributed by atoms with Gasteiger partial charge in [0.15, 0.2) is 0 Å². The number of hydrogen-bond acceptors (Lipinski definition) is 3. The molecule has 0 atom stereocenters. The zero-order valence-electron chi connectivity index (χ0n) is 14.6. The molecule has 0 bridgehead atoms. The Balaban J connectivity index is 1.54. The number of carbonyl (C=O) groups excluding carboxylic acids is 1. The van der Waals surface area contributed by atoms with Gasteiger partial charge in [-0.1, -0.05) is 24.3 Å². The van der Waals surface area contributed by atoms with Crippen LogP contribution in [0.4, 0.5) is 18.9 Å². The highest BCUT2D eigenvalue weighted by molar-refractivity contribution is 6.01. The van der Waals surface area contributed by atoms with Crippen molar-refractivity contribution < 1.29 is 22.7 Å². The van der Waals surface area contributed by atoms with Gasteiger partial charge < -0.3 is 10.1 Å². The number of nitrogens with one attached hydrogen (secondary N) is 1. The average Bonchev–Trinajstić information content (AvgIpc) is 3.09. The summed E-state index contributed by atoms with van der Waals surface area (Å²) in [4.78, 5) is 12.0. The summed E-state index contributed by atoms with van der Waals surface area (Å²) in [6, 6.07) is 12.0. The van der Waals surface area contributed by atoms with Crippen LogP contribution in [0.25, 0.3) is 6.08 Å². The Bertz CT molecular complexity index is 952. The number of alkyl halides is 2. The quantitative estimate of drug-likeness (QED) is 0.614. The van der Waals surface area contributed by atoms with E-state index in [1.165, 1.54) is 36.5 Å². The number of anilines is 1. The molecule has 0 aliphatic heterocycles. The van der Waals surface area contributed by atoms with E-state index in [1.54, 1.807) is 41.2 Å². The SMILES string of the molecule is O=C(/C=C\c1ccc(OC(F)F)cc1)Nc1cnn(Cc2ccc(F)cc2)c1. The van der Waals surface area contributed by atoms with Crippen molar-refractivity contribution in [3.63, 3.8) is 0 Å². The van der Waals surface area contributed by atoms with Crippen molar-refractivity contribution in [1.82, 2.24) is 9.78 Å². The summed E-state index contributed by atoms with van der Waals surface area (Å²) < 4.78 is 43.0. The summed E-state index contributed by atoms with van der Waals surface area (Å²) in [6.45, 7) is -2.44. The Morgan fingerprint density at radius 3 is 2.54 bits per heavy atom. The van der Waals surface area contributed by atoms with E-state index in [0.717, 1.165) is 5.56 Å². The van der Waals surface area contributed by atoms with Crippen molar-refractivity contribution in [3.8, 4) is 5.75 Å². The van der Waals surface area contributed by atoms with Crippen LogP contribution >= 0.6 is 0 Å². The lowest BCUT2D eigenvalue weighted by molar-refractivity contribution is -0.111. The Labute approximate surface area is 159 Å². The molecule has 0 saturated heterocycles. The van der Waals surface area contributed by atoms with E-state index < -0.39 is 6.61 Å². The molecule has 3 rings (SSSR count). The molecule has 5 nitrogen and oxygen atoms in total. The van der Waals surface area contributed by atoms with E-state index >= 15 is 0 Å². The van der Waals surface area contributed by atoms with Crippen LogP contribution in [0.15, 0.2) is 67.0 Å². The molecule has 0 unspecified atom stereocenters. The minimum atomic E-state index is -2.88. The number of hydrogen-bond donors (Lipinski definition) is 1. The Kier molecular flexibility index (Phi) is 6.11. The van der Waals surface area contributed by atoms with Gasteiger partial charge in [0.2, 0.25) is 5.91 Å². The number of ether oxygens (including phenoxy) is 1. The summed E-state index contributed by atoms with van der Waals surface area (Å²) in [6.07, 6.45) is 6.03. The fraction of sp³-hybridized carbons (Fsp3) is 0.100. The van der Waals surface area contributed by atoms with E-state index in [9.17, 15) is 18.0 Å². The Morgan fingerprint density at radius 1 is 1.14 bits per heavy atom. The second kappa shape index (κ2) is 8.90. The first-order valence-corrected chi connectivity index (χ1v) is 8.29. The fourth-order valence-corrected chi connectivity index (χ4v) is 2.41. The smallest absolute Gasteiger partial charge is 0.387 e. The highest BCUT2D eigenvalue weighted by atomic mass is 19.3. The molecule has 2 aromatic carbocycles. The van der Waals surface area contributed by atoms with Crippen molar-refractivity contribution in [3.05, 3.63) is 83.9 Å². The summed E-state index contributed by atoms with van der Waals surface area (Å²) in [5, 5.41) is 6.82. The van der Waals surface area contributed by atoms with Crippen LogP contribution in [0.5, 0.6) is 5.75 Å². The maximum atomic E-state index is 12.9. The molecule has 8 heteroatoms. The van der Waals surface area contributed by atoms with Gasteiger partial charge in [0.05, 0.1) is 18.4 Å². The summed E-state index contributed by atoms with van der Waals surface area (Å²) in [5.41, 5.74) is 2.04. The largest absolute Gasteiger partial charge is 0.435 e. The van der Waals surface area contributed by atoms with Crippen LogP contribution < -0.4 is 10.1 Å². The molecule has 0 fully saturated rings. The van der Waals surface area contributed by atoms with E-state index in [1.807, 2.05) is 0 Å². The van der Waals surface area contributed by atoms with Crippen molar-refractivity contribution in [1.29, 1.82) is 0 Å². The highest BCUT2D eigenvalue weighted by Gasteiger charge is 2.04. The molecule has 1 aromatic heterocycles. The van der Waals surface area contributed by atoms with Crippen molar-refractivity contribution in [2.45, 2.75) is 13.2 Å². The first-order valence-electron chi connectivity index (χ1n) is 8.29. The minimum Gasteiger partial charge on any atom is -0.435 e. The summed E-state index contributed by atoms with van der Waals surface area (Å²) >= 11 is 0. The molecule has 1 amide bonds. The normalized spacial score (nSPS) is 11.1. The molecule has 28 heavy (non-hydrogen) atoms. The molecule has 0 aliphatic rings. The maximum absolute atomic E-state index is 12.9. The monoisotopic (exact) mass is 387 g/mol. The second-order valence-electron chi connectivity index (χ2n) is 5.82. The zero-order chi connectivity index (χ0) is 19.9. The number of rotatable bonds is 7. The highest BCUT2D eigenvalue weighted by Crippen LogP contribution is 2.16. The molecule has 0 saturated carbocycles. The predicted molar refractivity (Wildman–Crippen MR) is 98.5 cm³/mol. The first kappa shape index (κ1) is 19.2. The van der Waals surface area contributed by atoms with Gasteiger partial charge in [-0.15, -0.1) is 0 Å². The number of amides is 1. The van der Waals surface area contributed by atoms with Gasteiger partial charge in [-0.25, -0.2) is 4.39 Å². The Morgan fingerprint density at radius 2 is 1.86 bits per heavy atom. The second-order valence-corrected chi connectivity index (χ2v) is 5.82. The van der Waals surface area contributed by atoms with Crippen LogP contribution in [0.3, 0.4) is 0 Å². The van der Waals surface area contributed by atoms with Crippen LogP contribution in [0.2, 0.25) is 0 Å². The molecule has 0 aliphatic carbocycles. The van der Waals surface area contributed by atoms with Crippen LogP contribution in [-0.4, -0.2) is 22.3 Å². The molecule has 1 heterocycles. The number of aromatic nitrogens is 2. The van der Waals surface area contributed by atoms with E-state index in [2.05, 4.69) is 15.2 Å². The lowest BCUT2D eigenvalue weighted by atomic mass is 10.2. The number of nitrogens with zero attached hydrogens (tertiary/aromatic N) is 2.